The van der Waals surface area contributed by atoms with E-state index >= 15 is 0 Å². The van der Waals surface area contributed by atoms with E-state index in [1.165, 1.54) is 24.3 Å². The fourth-order valence-electron chi connectivity index (χ4n) is 4.94. The number of halogens is 2. The molecule has 2 atom stereocenters. The summed E-state index contributed by atoms with van der Waals surface area (Å²) in [5, 5.41) is 0. The number of carbonyl (C=O) groups excluding carboxylic acids is 1. The number of hydrogen-bond acceptors (Lipinski definition) is 2. The number of rotatable bonds is 8. The highest BCUT2D eigenvalue weighted by atomic mass is 19.1. The molecule has 3 nitrogen and oxygen atoms in total. The van der Waals surface area contributed by atoms with Crippen molar-refractivity contribution in [2.45, 2.75) is 26.3 Å². The zero-order chi connectivity index (χ0) is 24.1. The molecule has 0 spiro atoms. The first kappa shape index (κ1) is 24.1. The van der Waals surface area contributed by atoms with Gasteiger partial charge in [-0.25, -0.2) is 8.78 Å². The lowest BCUT2D eigenvalue weighted by molar-refractivity contribution is 0.0703. The van der Waals surface area contributed by atoms with Crippen molar-refractivity contribution in [3.05, 3.63) is 107 Å². The summed E-state index contributed by atoms with van der Waals surface area (Å²) >= 11 is 0. The van der Waals surface area contributed by atoms with Crippen LogP contribution in [0.3, 0.4) is 0 Å². The molecule has 0 radical (unpaired) electrons. The van der Waals surface area contributed by atoms with Gasteiger partial charge in [0.25, 0.3) is 5.91 Å². The summed E-state index contributed by atoms with van der Waals surface area (Å²) in [7, 11) is 0. The van der Waals surface area contributed by atoms with Crippen molar-refractivity contribution in [1.29, 1.82) is 0 Å². The molecule has 1 saturated heterocycles. The average Bonchev–Trinajstić information content (AvgIpc) is 3.22. The predicted molar refractivity (Wildman–Crippen MR) is 131 cm³/mol. The fourth-order valence-corrected chi connectivity index (χ4v) is 4.94. The molecule has 0 N–H and O–H groups in total. The van der Waals surface area contributed by atoms with Crippen molar-refractivity contribution in [3.63, 3.8) is 0 Å². The van der Waals surface area contributed by atoms with E-state index in [9.17, 15) is 13.6 Å². The molecular formula is C29H32F2N2O. The van der Waals surface area contributed by atoms with Crippen LogP contribution >= 0.6 is 0 Å². The SMILES string of the molecule is CC(C)CN(C[C@H]1CN(Cc2ccc(F)cc2)C[C@H]1c1ccc(F)cc1)C(=O)c1ccccc1. The summed E-state index contributed by atoms with van der Waals surface area (Å²) in [6, 6.07) is 22.8. The fraction of sp³-hybridized carbons (Fsp3) is 0.345. The molecule has 34 heavy (non-hydrogen) atoms. The van der Waals surface area contributed by atoms with Crippen molar-refractivity contribution in [2.24, 2.45) is 11.8 Å². The van der Waals surface area contributed by atoms with Gasteiger partial charge in [0, 0.05) is 44.2 Å². The third kappa shape index (κ3) is 6.09. The van der Waals surface area contributed by atoms with Crippen LogP contribution in [0.15, 0.2) is 78.9 Å². The molecule has 1 aliphatic heterocycles. The van der Waals surface area contributed by atoms with Gasteiger partial charge in [-0.2, -0.15) is 0 Å². The van der Waals surface area contributed by atoms with Crippen LogP contribution in [0.25, 0.3) is 0 Å². The van der Waals surface area contributed by atoms with E-state index in [2.05, 4.69) is 18.7 Å². The van der Waals surface area contributed by atoms with Crippen LogP contribution in [0, 0.1) is 23.5 Å². The second-order valence-electron chi connectivity index (χ2n) is 9.71. The van der Waals surface area contributed by atoms with E-state index in [0.29, 0.717) is 31.1 Å². The number of hydrogen-bond donors (Lipinski definition) is 0. The zero-order valence-electron chi connectivity index (χ0n) is 19.8. The standard InChI is InChI=1S/C29H32F2N2O/c1-21(2)16-33(29(34)24-6-4-3-5-7-24)19-25-18-32(17-22-8-12-26(30)13-9-22)20-28(25)23-10-14-27(31)15-11-23/h3-15,21,25,28H,16-20H2,1-2H3/t25-,28+/m1/s1. The normalized spacial score (nSPS) is 18.4. The Morgan fingerprint density at radius 1 is 0.912 bits per heavy atom. The van der Waals surface area contributed by atoms with Crippen molar-refractivity contribution in [3.8, 4) is 0 Å². The summed E-state index contributed by atoms with van der Waals surface area (Å²) in [6.45, 7) is 7.90. The predicted octanol–water partition coefficient (Wildman–Crippen LogP) is 5.98. The number of benzene rings is 3. The highest BCUT2D eigenvalue weighted by Crippen LogP contribution is 2.34. The van der Waals surface area contributed by atoms with Gasteiger partial charge in [-0.1, -0.05) is 56.3 Å². The van der Waals surface area contributed by atoms with Gasteiger partial charge in [0.1, 0.15) is 11.6 Å². The average molecular weight is 463 g/mol. The molecule has 178 valence electrons. The van der Waals surface area contributed by atoms with Crippen LogP contribution in [-0.4, -0.2) is 41.9 Å². The largest absolute Gasteiger partial charge is 0.338 e. The molecule has 0 bridgehead atoms. The van der Waals surface area contributed by atoms with Crippen LogP contribution in [0.2, 0.25) is 0 Å². The minimum atomic E-state index is -0.248. The van der Waals surface area contributed by atoms with Crippen molar-refractivity contribution in [1.82, 2.24) is 9.80 Å². The Balaban J connectivity index is 1.57. The quantitative estimate of drug-likeness (QED) is 0.411. The van der Waals surface area contributed by atoms with Crippen LogP contribution in [0.1, 0.15) is 41.3 Å². The van der Waals surface area contributed by atoms with E-state index in [1.807, 2.05) is 59.5 Å². The summed E-state index contributed by atoms with van der Waals surface area (Å²) in [4.78, 5) is 17.7. The molecule has 5 heteroatoms. The maximum Gasteiger partial charge on any atom is 0.253 e. The molecule has 0 aromatic heterocycles. The van der Waals surface area contributed by atoms with E-state index in [-0.39, 0.29) is 29.4 Å². The molecule has 1 heterocycles. The van der Waals surface area contributed by atoms with Crippen LogP contribution in [0.5, 0.6) is 0 Å². The van der Waals surface area contributed by atoms with Crippen molar-refractivity contribution < 1.29 is 13.6 Å². The number of amides is 1. The molecule has 0 unspecified atom stereocenters. The topological polar surface area (TPSA) is 23.6 Å². The highest BCUT2D eigenvalue weighted by Gasteiger charge is 2.36. The Hall–Kier alpha value is -3.05. The molecule has 1 amide bonds. The number of carbonyl (C=O) groups is 1. The Morgan fingerprint density at radius 3 is 2.15 bits per heavy atom. The molecule has 3 aromatic carbocycles. The summed E-state index contributed by atoms with van der Waals surface area (Å²) in [5.74, 6) is 0.285. The molecule has 3 aromatic rings. The monoisotopic (exact) mass is 462 g/mol. The van der Waals surface area contributed by atoms with Gasteiger partial charge in [-0.15, -0.1) is 0 Å². The van der Waals surface area contributed by atoms with Gasteiger partial charge in [0.05, 0.1) is 0 Å². The first-order valence-corrected chi connectivity index (χ1v) is 12.0. The summed E-state index contributed by atoms with van der Waals surface area (Å²) in [6.07, 6.45) is 0. The minimum absolute atomic E-state index is 0.0455. The van der Waals surface area contributed by atoms with Gasteiger partial charge >= 0.3 is 0 Å². The lowest BCUT2D eigenvalue weighted by Crippen LogP contribution is -2.39. The highest BCUT2D eigenvalue weighted by molar-refractivity contribution is 5.94. The molecule has 4 rings (SSSR count). The van der Waals surface area contributed by atoms with E-state index in [1.54, 1.807) is 0 Å². The molecule has 1 aliphatic rings. The molecule has 0 saturated carbocycles. The summed E-state index contributed by atoms with van der Waals surface area (Å²) < 4.78 is 27.0. The maximum absolute atomic E-state index is 13.6. The van der Waals surface area contributed by atoms with Gasteiger partial charge in [-0.05, 0) is 59.4 Å². The second-order valence-corrected chi connectivity index (χ2v) is 9.71. The first-order valence-electron chi connectivity index (χ1n) is 12.0. The Morgan fingerprint density at radius 2 is 1.53 bits per heavy atom. The minimum Gasteiger partial charge on any atom is -0.338 e. The lowest BCUT2D eigenvalue weighted by atomic mass is 9.88. The Labute approximate surface area is 201 Å². The van der Waals surface area contributed by atoms with Crippen molar-refractivity contribution in [2.75, 3.05) is 26.2 Å². The van der Waals surface area contributed by atoms with Gasteiger partial charge in [0.2, 0.25) is 0 Å². The van der Waals surface area contributed by atoms with Crippen LogP contribution in [0.4, 0.5) is 8.78 Å². The van der Waals surface area contributed by atoms with Gasteiger partial charge in [0.15, 0.2) is 0 Å². The maximum atomic E-state index is 13.6. The number of likely N-dealkylation sites (tertiary alicyclic amines) is 1. The third-order valence-corrected chi connectivity index (χ3v) is 6.48. The Bertz CT molecular complexity index is 1070. The van der Waals surface area contributed by atoms with Crippen LogP contribution < -0.4 is 0 Å². The van der Waals surface area contributed by atoms with Crippen LogP contribution in [-0.2, 0) is 6.54 Å². The molecule has 1 fully saturated rings. The number of nitrogens with zero attached hydrogens (tertiary/aromatic N) is 2. The molecule has 0 aliphatic carbocycles. The van der Waals surface area contributed by atoms with Gasteiger partial charge in [-0.3, -0.25) is 9.69 Å². The lowest BCUT2D eigenvalue weighted by Gasteiger charge is -2.30. The van der Waals surface area contributed by atoms with E-state index in [4.69, 9.17) is 0 Å². The van der Waals surface area contributed by atoms with E-state index < -0.39 is 0 Å². The van der Waals surface area contributed by atoms with E-state index in [0.717, 1.165) is 24.2 Å². The Kier molecular flexibility index (Phi) is 7.73. The molecular weight excluding hydrogens is 430 g/mol. The third-order valence-electron chi connectivity index (χ3n) is 6.48. The second kappa shape index (κ2) is 10.9. The smallest absolute Gasteiger partial charge is 0.253 e. The summed E-state index contributed by atoms with van der Waals surface area (Å²) in [5.41, 5.74) is 2.84. The first-order chi connectivity index (χ1) is 16.4. The van der Waals surface area contributed by atoms with Gasteiger partial charge < -0.3 is 4.90 Å². The van der Waals surface area contributed by atoms with Crippen molar-refractivity contribution >= 4 is 5.91 Å². The zero-order valence-corrected chi connectivity index (χ0v) is 19.8.